The Labute approximate surface area is 94.2 Å². The van der Waals surface area contributed by atoms with Gasteiger partial charge in [-0.25, -0.2) is 0 Å². The Kier molecular flexibility index (Phi) is 3.82. The fraction of sp³-hybridized carbons (Fsp3) is 0.545. The van der Waals surface area contributed by atoms with Gasteiger partial charge in [0.05, 0.1) is 0 Å². The molecule has 5 heteroatoms. The van der Waals surface area contributed by atoms with E-state index in [0.29, 0.717) is 12.8 Å². The van der Waals surface area contributed by atoms with Crippen molar-refractivity contribution in [3.05, 3.63) is 34.4 Å². The number of primary amides is 1. The molecule has 0 heterocycles. The van der Waals surface area contributed by atoms with Crippen LogP contribution >= 0.6 is 0 Å². The van der Waals surface area contributed by atoms with Gasteiger partial charge in [0.1, 0.15) is 5.92 Å². The van der Waals surface area contributed by atoms with Crippen LogP contribution in [0.2, 0.25) is 0 Å². The van der Waals surface area contributed by atoms with Crippen molar-refractivity contribution in [3.8, 4) is 0 Å². The van der Waals surface area contributed by atoms with E-state index in [1.54, 1.807) is 12.2 Å². The second kappa shape index (κ2) is 4.92. The van der Waals surface area contributed by atoms with E-state index in [4.69, 9.17) is 5.73 Å². The van der Waals surface area contributed by atoms with Crippen LogP contribution in [0.4, 0.5) is 0 Å². The maximum Gasteiger partial charge on any atom is 0.255 e. The molecular weight excluding hydrogens is 208 g/mol. The Balaban J connectivity index is 3.05. The fourth-order valence-electron chi connectivity index (χ4n) is 1.97. The van der Waals surface area contributed by atoms with Crippen molar-refractivity contribution in [1.29, 1.82) is 0 Å². The molecule has 0 saturated heterocycles. The molecule has 0 fully saturated rings. The van der Waals surface area contributed by atoms with Crippen LogP contribution in [-0.2, 0) is 4.79 Å². The second-order valence-electron chi connectivity index (χ2n) is 3.98. The summed E-state index contributed by atoms with van der Waals surface area (Å²) in [7, 11) is 0. The van der Waals surface area contributed by atoms with E-state index in [1.165, 1.54) is 12.2 Å². The van der Waals surface area contributed by atoms with E-state index in [-0.39, 0.29) is 0 Å². The summed E-state index contributed by atoms with van der Waals surface area (Å²) >= 11 is 0. The molecule has 2 unspecified atom stereocenters. The van der Waals surface area contributed by atoms with Gasteiger partial charge in [-0.3, -0.25) is 14.9 Å². The Morgan fingerprint density at radius 3 is 2.75 bits per heavy atom. The van der Waals surface area contributed by atoms with Crippen LogP contribution in [0.15, 0.2) is 24.3 Å². The minimum Gasteiger partial charge on any atom is -0.369 e. The summed E-state index contributed by atoms with van der Waals surface area (Å²) in [6.45, 7) is 1.95. The maximum atomic E-state index is 11.3. The van der Waals surface area contributed by atoms with Crippen molar-refractivity contribution >= 4 is 5.91 Å². The van der Waals surface area contributed by atoms with Crippen LogP contribution in [-0.4, -0.2) is 16.4 Å². The van der Waals surface area contributed by atoms with E-state index >= 15 is 0 Å². The highest BCUT2D eigenvalue weighted by molar-refractivity contribution is 5.80. The van der Waals surface area contributed by atoms with E-state index in [0.717, 1.165) is 6.42 Å². The number of unbranched alkanes of at least 4 members (excludes halogenated alkanes) is 1. The molecule has 0 aliphatic heterocycles. The minimum absolute atomic E-state index is 0.338. The highest BCUT2D eigenvalue weighted by Crippen LogP contribution is 2.32. The minimum atomic E-state index is -1.35. The van der Waals surface area contributed by atoms with Gasteiger partial charge in [-0.05, 0) is 12.5 Å². The average molecular weight is 224 g/mol. The topological polar surface area (TPSA) is 86.2 Å². The first-order valence-electron chi connectivity index (χ1n) is 5.34. The van der Waals surface area contributed by atoms with Crippen LogP contribution in [0.5, 0.6) is 0 Å². The quantitative estimate of drug-likeness (QED) is 0.566. The molecule has 1 aliphatic carbocycles. The van der Waals surface area contributed by atoms with E-state index in [2.05, 4.69) is 0 Å². The molecule has 88 valence electrons. The zero-order valence-electron chi connectivity index (χ0n) is 9.26. The maximum absolute atomic E-state index is 11.3. The summed E-state index contributed by atoms with van der Waals surface area (Å²) in [5, 5.41) is 11.2. The third-order valence-electron chi connectivity index (χ3n) is 2.92. The molecule has 1 amide bonds. The van der Waals surface area contributed by atoms with Crippen molar-refractivity contribution in [2.24, 2.45) is 11.7 Å². The van der Waals surface area contributed by atoms with Crippen molar-refractivity contribution in [3.63, 3.8) is 0 Å². The van der Waals surface area contributed by atoms with Crippen LogP contribution < -0.4 is 5.73 Å². The summed E-state index contributed by atoms with van der Waals surface area (Å²) < 4.78 is 0. The molecular formula is C11H16N2O3. The molecule has 1 aliphatic rings. The molecule has 1 rings (SSSR count). The van der Waals surface area contributed by atoms with Crippen molar-refractivity contribution in [2.45, 2.75) is 31.7 Å². The molecule has 0 saturated carbocycles. The lowest BCUT2D eigenvalue weighted by atomic mass is 9.77. The van der Waals surface area contributed by atoms with E-state index in [9.17, 15) is 14.9 Å². The number of nitrogens with two attached hydrogens (primary N) is 1. The summed E-state index contributed by atoms with van der Waals surface area (Å²) in [4.78, 5) is 22.1. The van der Waals surface area contributed by atoms with Gasteiger partial charge in [-0.1, -0.05) is 31.6 Å². The number of allylic oxidation sites excluding steroid dienone is 2. The third kappa shape index (κ3) is 2.13. The molecule has 5 nitrogen and oxygen atoms in total. The number of hydrogen-bond acceptors (Lipinski definition) is 3. The Bertz CT molecular complexity index is 349. The predicted octanol–water partition coefficient (Wildman–Crippen LogP) is 1.42. The Hall–Kier alpha value is -1.65. The summed E-state index contributed by atoms with van der Waals surface area (Å²) in [5.41, 5.74) is 3.87. The Morgan fingerprint density at radius 1 is 1.56 bits per heavy atom. The lowest BCUT2D eigenvalue weighted by molar-refractivity contribution is -0.561. The van der Waals surface area contributed by atoms with E-state index in [1.807, 2.05) is 6.92 Å². The summed E-state index contributed by atoms with van der Waals surface area (Å²) in [6, 6.07) is 0. The van der Waals surface area contributed by atoms with Gasteiger partial charge in [0.15, 0.2) is 0 Å². The monoisotopic (exact) mass is 224 g/mol. The number of rotatable bonds is 5. The van der Waals surface area contributed by atoms with Gasteiger partial charge in [-0.2, -0.15) is 0 Å². The van der Waals surface area contributed by atoms with Gasteiger partial charge >= 0.3 is 0 Å². The number of carbonyl (C=O) groups excluding carboxylic acids is 1. The molecule has 0 aromatic carbocycles. The number of nitro groups is 1. The lowest BCUT2D eigenvalue weighted by Crippen LogP contribution is -2.49. The standard InChI is InChI=1S/C11H16N2O3/c1-2-3-7-11(13(15)16)8-5-4-6-9(11)10(12)14/h4-6,8-9H,2-3,7H2,1H3,(H2,12,14). The smallest absolute Gasteiger partial charge is 0.255 e. The van der Waals surface area contributed by atoms with E-state index < -0.39 is 22.3 Å². The molecule has 0 radical (unpaired) electrons. The highest BCUT2D eigenvalue weighted by atomic mass is 16.6. The first-order chi connectivity index (χ1) is 7.54. The highest BCUT2D eigenvalue weighted by Gasteiger charge is 2.50. The van der Waals surface area contributed by atoms with Crippen LogP contribution in [0, 0.1) is 16.0 Å². The van der Waals surface area contributed by atoms with Gasteiger partial charge < -0.3 is 5.73 Å². The Morgan fingerprint density at radius 2 is 2.25 bits per heavy atom. The number of carbonyl (C=O) groups is 1. The average Bonchev–Trinajstić information content (AvgIpc) is 2.26. The van der Waals surface area contributed by atoms with Crippen LogP contribution in [0.1, 0.15) is 26.2 Å². The molecule has 2 atom stereocenters. The largest absolute Gasteiger partial charge is 0.369 e. The molecule has 0 bridgehead atoms. The van der Waals surface area contributed by atoms with Crippen molar-refractivity contribution < 1.29 is 9.72 Å². The summed E-state index contributed by atoms with van der Waals surface area (Å²) in [6.07, 6.45) is 8.12. The normalized spacial score (nSPS) is 27.9. The lowest BCUT2D eigenvalue weighted by Gasteiger charge is -2.28. The van der Waals surface area contributed by atoms with Gasteiger partial charge in [0.2, 0.25) is 5.91 Å². The number of hydrogen-bond donors (Lipinski definition) is 1. The number of nitrogens with zero attached hydrogens (tertiary/aromatic N) is 1. The zero-order chi connectivity index (χ0) is 12.2. The molecule has 0 aromatic heterocycles. The second-order valence-corrected chi connectivity index (χ2v) is 3.98. The molecule has 0 aromatic rings. The van der Waals surface area contributed by atoms with Gasteiger partial charge in [0, 0.05) is 11.3 Å². The molecule has 2 N–H and O–H groups in total. The SMILES string of the molecule is CCCCC1([N+](=O)[O-])C=CC=CC1C(N)=O. The first-order valence-corrected chi connectivity index (χ1v) is 5.34. The van der Waals surface area contributed by atoms with Crippen molar-refractivity contribution in [1.82, 2.24) is 0 Å². The summed E-state index contributed by atoms with van der Waals surface area (Å²) in [5.74, 6) is -1.49. The first kappa shape index (κ1) is 12.4. The van der Waals surface area contributed by atoms with Crippen LogP contribution in [0.25, 0.3) is 0 Å². The fourth-order valence-corrected chi connectivity index (χ4v) is 1.97. The van der Waals surface area contributed by atoms with Crippen LogP contribution in [0.3, 0.4) is 0 Å². The van der Waals surface area contributed by atoms with Gasteiger partial charge in [-0.15, -0.1) is 0 Å². The third-order valence-corrected chi connectivity index (χ3v) is 2.92. The number of amides is 1. The van der Waals surface area contributed by atoms with Gasteiger partial charge in [0.25, 0.3) is 5.54 Å². The molecule has 16 heavy (non-hydrogen) atoms. The predicted molar refractivity (Wildman–Crippen MR) is 60.2 cm³/mol. The molecule has 0 spiro atoms. The van der Waals surface area contributed by atoms with Crippen molar-refractivity contribution in [2.75, 3.05) is 0 Å². The zero-order valence-corrected chi connectivity index (χ0v) is 9.26.